The molecule has 4 nitrogen and oxygen atoms in total. The van der Waals surface area contributed by atoms with Crippen LogP contribution in [0.3, 0.4) is 0 Å². The van der Waals surface area contributed by atoms with Crippen LogP contribution in [-0.2, 0) is 0 Å². The van der Waals surface area contributed by atoms with Crippen LogP contribution in [-0.4, -0.2) is 17.6 Å². The summed E-state index contributed by atoms with van der Waals surface area (Å²) in [5, 5.41) is 24.3. The summed E-state index contributed by atoms with van der Waals surface area (Å²) in [5.74, 6) is -0.248. The van der Waals surface area contributed by atoms with Gasteiger partial charge >= 0.3 is 0 Å². The van der Waals surface area contributed by atoms with Crippen LogP contribution in [0, 0.1) is 11.3 Å². The first kappa shape index (κ1) is 16.7. The van der Waals surface area contributed by atoms with Crippen LogP contribution >= 0.6 is 0 Å². The number of aliphatic hydroxyl groups is 1. The van der Waals surface area contributed by atoms with Crippen LogP contribution in [0.5, 0.6) is 0 Å². The Balaban J connectivity index is 1.63. The quantitative estimate of drug-likeness (QED) is 0.751. The first-order valence-electron chi connectivity index (χ1n) is 8.13. The van der Waals surface area contributed by atoms with E-state index < -0.39 is 6.10 Å². The lowest BCUT2D eigenvalue weighted by atomic mass is 9.99. The van der Waals surface area contributed by atoms with E-state index in [0.29, 0.717) is 24.1 Å². The van der Waals surface area contributed by atoms with Crippen molar-refractivity contribution in [3.63, 3.8) is 0 Å². The highest BCUT2D eigenvalue weighted by Crippen LogP contribution is 2.25. The largest absolute Gasteiger partial charge is 0.388 e. The van der Waals surface area contributed by atoms with Crippen molar-refractivity contribution in [3.05, 3.63) is 83.4 Å². The van der Waals surface area contributed by atoms with Gasteiger partial charge in [0.15, 0.2) is 0 Å². The number of nitrogens with zero attached hydrogens (tertiary/aromatic N) is 1. The van der Waals surface area contributed by atoms with E-state index in [1.54, 1.807) is 24.3 Å². The van der Waals surface area contributed by atoms with Crippen molar-refractivity contribution in [1.29, 1.82) is 5.26 Å². The third-order valence-electron chi connectivity index (χ3n) is 4.14. The molecule has 0 bridgehead atoms. The molecule has 124 valence electrons. The van der Waals surface area contributed by atoms with Gasteiger partial charge in [0.2, 0.25) is 0 Å². The number of hydrogen-bond donors (Lipinski definition) is 2. The Labute approximate surface area is 146 Å². The van der Waals surface area contributed by atoms with Gasteiger partial charge in [-0.05, 0) is 41.0 Å². The van der Waals surface area contributed by atoms with Gasteiger partial charge in [-0.15, -0.1) is 0 Å². The molecule has 0 spiro atoms. The molecule has 0 fully saturated rings. The average Bonchev–Trinajstić information content (AvgIpc) is 2.67. The van der Waals surface area contributed by atoms with E-state index in [1.165, 1.54) is 0 Å². The standard InChI is InChI=1S/C21H18N2O2/c22-14-15-5-3-8-17(13-15)21(25)23-12-11-20(24)19-10-4-7-16-6-1-2-9-18(16)19/h1-10,13,20,24H,11-12H2,(H,23,25)/t20-/m1/s1. The number of fused-ring (bicyclic) bond motifs is 1. The van der Waals surface area contributed by atoms with Crippen LogP contribution in [0.2, 0.25) is 0 Å². The molecule has 0 aliphatic rings. The van der Waals surface area contributed by atoms with Crippen molar-refractivity contribution in [3.8, 4) is 6.07 Å². The molecular formula is C21H18N2O2. The average molecular weight is 330 g/mol. The zero-order valence-electron chi connectivity index (χ0n) is 13.6. The molecule has 0 aliphatic carbocycles. The Bertz CT molecular complexity index is 939. The van der Waals surface area contributed by atoms with Crippen molar-refractivity contribution < 1.29 is 9.90 Å². The normalized spacial score (nSPS) is 11.7. The van der Waals surface area contributed by atoms with E-state index in [1.807, 2.05) is 48.5 Å². The van der Waals surface area contributed by atoms with Crippen LogP contribution in [0.1, 0.15) is 34.0 Å². The Morgan fingerprint density at radius 2 is 1.84 bits per heavy atom. The molecule has 0 saturated heterocycles. The maximum Gasteiger partial charge on any atom is 0.251 e. The highest BCUT2D eigenvalue weighted by atomic mass is 16.3. The van der Waals surface area contributed by atoms with Crippen molar-refractivity contribution in [1.82, 2.24) is 5.32 Å². The molecule has 0 heterocycles. The Morgan fingerprint density at radius 1 is 1.08 bits per heavy atom. The molecule has 2 N–H and O–H groups in total. The van der Waals surface area contributed by atoms with Crippen LogP contribution in [0.15, 0.2) is 66.7 Å². The topological polar surface area (TPSA) is 73.1 Å². The van der Waals surface area contributed by atoms with E-state index in [4.69, 9.17) is 5.26 Å². The lowest BCUT2D eigenvalue weighted by molar-refractivity contribution is 0.0943. The molecule has 0 radical (unpaired) electrons. The number of carbonyl (C=O) groups is 1. The van der Waals surface area contributed by atoms with Crippen molar-refractivity contribution in [2.45, 2.75) is 12.5 Å². The number of aliphatic hydroxyl groups excluding tert-OH is 1. The molecule has 1 amide bonds. The summed E-state index contributed by atoms with van der Waals surface area (Å²) < 4.78 is 0. The molecular weight excluding hydrogens is 312 g/mol. The summed E-state index contributed by atoms with van der Waals surface area (Å²) in [6.07, 6.45) is -0.241. The molecule has 3 aromatic carbocycles. The number of nitrogens with one attached hydrogen (secondary N) is 1. The molecule has 3 aromatic rings. The van der Waals surface area contributed by atoms with E-state index in [-0.39, 0.29) is 5.91 Å². The second kappa shape index (κ2) is 7.61. The molecule has 0 aliphatic heterocycles. The first-order valence-corrected chi connectivity index (χ1v) is 8.13. The number of rotatable bonds is 5. The molecule has 25 heavy (non-hydrogen) atoms. The van der Waals surface area contributed by atoms with Gasteiger partial charge in [0.25, 0.3) is 5.91 Å². The van der Waals surface area contributed by atoms with Gasteiger partial charge in [-0.2, -0.15) is 5.26 Å². The number of carbonyl (C=O) groups excluding carboxylic acids is 1. The van der Waals surface area contributed by atoms with E-state index in [0.717, 1.165) is 16.3 Å². The van der Waals surface area contributed by atoms with Gasteiger partial charge in [-0.3, -0.25) is 4.79 Å². The second-order valence-electron chi connectivity index (χ2n) is 5.82. The van der Waals surface area contributed by atoms with Gasteiger partial charge in [0.05, 0.1) is 17.7 Å². The van der Waals surface area contributed by atoms with Crippen molar-refractivity contribution in [2.75, 3.05) is 6.54 Å². The van der Waals surface area contributed by atoms with E-state index >= 15 is 0 Å². The Hall–Kier alpha value is -3.16. The minimum absolute atomic E-state index is 0.248. The van der Waals surface area contributed by atoms with E-state index in [9.17, 15) is 9.90 Å². The number of hydrogen-bond acceptors (Lipinski definition) is 3. The fraction of sp³-hybridized carbons (Fsp3) is 0.143. The second-order valence-corrected chi connectivity index (χ2v) is 5.82. The van der Waals surface area contributed by atoms with Crippen molar-refractivity contribution in [2.24, 2.45) is 0 Å². The highest BCUT2D eigenvalue weighted by molar-refractivity contribution is 5.94. The number of amides is 1. The lowest BCUT2D eigenvalue weighted by Crippen LogP contribution is -2.25. The third-order valence-corrected chi connectivity index (χ3v) is 4.14. The molecule has 0 aromatic heterocycles. The molecule has 3 rings (SSSR count). The smallest absolute Gasteiger partial charge is 0.251 e. The molecule has 0 saturated carbocycles. The monoisotopic (exact) mass is 330 g/mol. The van der Waals surface area contributed by atoms with Crippen LogP contribution in [0.4, 0.5) is 0 Å². The van der Waals surface area contributed by atoms with Gasteiger partial charge in [-0.25, -0.2) is 0 Å². The molecule has 1 atom stereocenters. The van der Waals surface area contributed by atoms with Crippen LogP contribution in [0.25, 0.3) is 10.8 Å². The third kappa shape index (κ3) is 3.85. The first-order chi connectivity index (χ1) is 12.2. The fourth-order valence-corrected chi connectivity index (χ4v) is 2.85. The minimum atomic E-state index is -0.656. The van der Waals surface area contributed by atoms with Gasteiger partial charge in [0, 0.05) is 12.1 Å². The summed E-state index contributed by atoms with van der Waals surface area (Å²) >= 11 is 0. The van der Waals surface area contributed by atoms with Crippen LogP contribution < -0.4 is 5.32 Å². The highest BCUT2D eigenvalue weighted by Gasteiger charge is 2.12. The Morgan fingerprint density at radius 3 is 2.68 bits per heavy atom. The maximum atomic E-state index is 12.1. The predicted octanol–water partition coefficient (Wildman–Crippen LogP) is 3.56. The number of nitriles is 1. The maximum absolute atomic E-state index is 12.1. The number of benzene rings is 3. The van der Waals surface area contributed by atoms with Gasteiger partial charge < -0.3 is 10.4 Å². The van der Waals surface area contributed by atoms with Crippen molar-refractivity contribution >= 4 is 16.7 Å². The van der Waals surface area contributed by atoms with E-state index in [2.05, 4.69) is 5.32 Å². The summed E-state index contributed by atoms with van der Waals surface area (Å²) in [6, 6.07) is 22.3. The fourth-order valence-electron chi connectivity index (χ4n) is 2.85. The van der Waals surface area contributed by atoms with Gasteiger partial charge in [0.1, 0.15) is 0 Å². The molecule has 4 heteroatoms. The van der Waals surface area contributed by atoms with Gasteiger partial charge in [-0.1, -0.05) is 48.5 Å². The zero-order chi connectivity index (χ0) is 17.6. The minimum Gasteiger partial charge on any atom is -0.388 e. The SMILES string of the molecule is N#Cc1cccc(C(=O)NCC[C@@H](O)c2cccc3ccccc23)c1. The zero-order valence-corrected chi connectivity index (χ0v) is 13.6. The Kier molecular flexibility index (Phi) is 5.08. The predicted molar refractivity (Wildman–Crippen MR) is 97.0 cm³/mol. The summed E-state index contributed by atoms with van der Waals surface area (Å²) in [7, 11) is 0. The summed E-state index contributed by atoms with van der Waals surface area (Å²) in [6.45, 7) is 0.347. The summed E-state index contributed by atoms with van der Waals surface area (Å²) in [4.78, 5) is 12.1. The lowest BCUT2D eigenvalue weighted by Gasteiger charge is -2.14. The summed E-state index contributed by atoms with van der Waals surface area (Å²) in [5.41, 5.74) is 1.75. The molecule has 0 unspecified atom stereocenters.